The Labute approximate surface area is 123 Å². The minimum atomic E-state index is -0.385. The lowest BCUT2D eigenvalue weighted by Crippen LogP contribution is -2.37. The third-order valence-corrected chi connectivity index (χ3v) is 3.23. The van der Waals surface area contributed by atoms with Crippen LogP contribution >= 0.6 is 11.6 Å². The van der Waals surface area contributed by atoms with Crippen molar-refractivity contribution in [1.82, 2.24) is 5.32 Å². The van der Waals surface area contributed by atoms with Crippen LogP contribution in [0.5, 0.6) is 0 Å². The molecule has 4 nitrogen and oxygen atoms in total. The van der Waals surface area contributed by atoms with E-state index in [1.54, 1.807) is 19.3 Å². The molecule has 0 fully saturated rings. The van der Waals surface area contributed by atoms with E-state index in [1.807, 2.05) is 31.2 Å². The Morgan fingerprint density at radius 2 is 2.20 bits per heavy atom. The van der Waals surface area contributed by atoms with Gasteiger partial charge in [0.1, 0.15) is 11.8 Å². The fourth-order valence-electron chi connectivity index (χ4n) is 1.79. The largest absolute Gasteiger partial charge is 0.467 e. The Bertz CT molecular complexity index is 582. The molecule has 0 aliphatic heterocycles. The molecule has 0 aliphatic carbocycles. The summed E-state index contributed by atoms with van der Waals surface area (Å²) in [7, 11) is 0. The van der Waals surface area contributed by atoms with Crippen LogP contribution in [0, 0.1) is 6.92 Å². The topological polar surface area (TPSA) is 54.3 Å². The maximum absolute atomic E-state index is 12.0. The zero-order chi connectivity index (χ0) is 14.5. The van der Waals surface area contributed by atoms with Crippen molar-refractivity contribution < 1.29 is 9.21 Å². The first kappa shape index (κ1) is 14.5. The van der Waals surface area contributed by atoms with Gasteiger partial charge in [0.05, 0.1) is 23.5 Å². The summed E-state index contributed by atoms with van der Waals surface area (Å²) < 4.78 is 5.16. The van der Waals surface area contributed by atoms with Gasteiger partial charge in [0, 0.05) is 0 Å². The predicted octanol–water partition coefficient (Wildman–Crippen LogP) is 3.36. The third-order valence-electron chi connectivity index (χ3n) is 2.90. The van der Waals surface area contributed by atoms with Crippen molar-refractivity contribution in [2.24, 2.45) is 0 Å². The number of carbonyl (C=O) groups is 1. The minimum Gasteiger partial charge on any atom is -0.467 e. The molecule has 0 saturated heterocycles. The molecular weight excluding hydrogens is 276 g/mol. The van der Waals surface area contributed by atoms with Gasteiger partial charge in [-0.15, -0.1) is 0 Å². The summed E-state index contributed by atoms with van der Waals surface area (Å²) in [5.41, 5.74) is 1.84. The van der Waals surface area contributed by atoms with Crippen molar-refractivity contribution in [2.45, 2.75) is 26.4 Å². The second-order valence-corrected chi connectivity index (χ2v) is 5.05. The Balaban J connectivity index is 1.92. The molecule has 1 aromatic carbocycles. The molecule has 0 spiro atoms. The molecule has 1 aromatic heterocycles. The number of nitrogens with one attached hydrogen (secondary N) is 2. The number of hydrogen-bond acceptors (Lipinski definition) is 3. The zero-order valence-corrected chi connectivity index (χ0v) is 12.2. The molecule has 1 heterocycles. The SMILES string of the molecule is Cc1ccc(Cl)c(NC(C)C(=O)NCc2ccco2)c1. The van der Waals surface area contributed by atoms with Crippen LogP contribution in [0.2, 0.25) is 5.02 Å². The van der Waals surface area contributed by atoms with Crippen LogP contribution in [0.25, 0.3) is 0 Å². The smallest absolute Gasteiger partial charge is 0.242 e. The van der Waals surface area contributed by atoms with E-state index in [0.29, 0.717) is 11.6 Å². The monoisotopic (exact) mass is 292 g/mol. The van der Waals surface area contributed by atoms with Gasteiger partial charge < -0.3 is 15.1 Å². The van der Waals surface area contributed by atoms with Gasteiger partial charge in [-0.05, 0) is 43.7 Å². The summed E-state index contributed by atoms with van der Waals surface area (Å²) in [5.74, 6) is 0.609. The molecular formula is C15H17ClN2O2. The van der Waals surface area contributed by atoms with E-state index in [9.17, 15) is 4.79 Å². The van der Waals surface area contributed by atoms with E-state index in [1.165, 1.54) is 0 Å². The van der Waals surface area contributed by atoms with E-state index >= 15 is 0 Å². The number of aryl methyl sites for hydroxylation is 1. The summed E-state index contributed by atoms with van der Waals surface area (Å²) in [6.07, 6.45) is 1.58. The number of hydrogen-bond donors (Lipinski definition) is 2. The normalized spacial score (nSPS) is 11.9. The van der Waals surface area contributed by atoms with Crippen LogP contribution in [0.3, 0.4) is 0 Å². The molecule has 1 amide bonds. The molecule has 5 heteroatoms. The van der Waals surface area contributed by atoms with Gasteiger partial charge in [-0.25, -0.2) is 0 Å². The first-order chi connectivity index (χ1) is 9.56. The van der Waals surface area contributed by atoms with Crippen LogP contribution in [0.4, 0.5) is 5.69 Å². The Hall–Kier alpha value is -1.94. The molecule has 2 N–H and O–H groups in total. The highest BCUT2D eigenvalue weighted by Gasteiger charge is 2.14. The van der Waals surface area contributed by atoms with E-state index in [-0.39, 0.29) is 11.9 Å². The Morgan fingerprint density at radius 1 is 1.40 bits per heavy atom. The molecule has 1 unspecified atom stereocenters. The molecule has 20 heavy (non-hydrogen) atoms. The van der Waals surface area contributed by atoms with E-state index in [2.05, 4.69) is 10.6 Å². The van der Waals surface area contributed by atoms with Crippen molar-refractivity contribution in [1.29, 1.82) is 0 Å². The van der Waals surface area contributed by atoms with Crippen LogP contribution in [-0.2, 0) is 11.3 Å². The number of furan rings is 1. The molecule has 0 aliphatic rings. The van der Waals surface area contributed by atoms with Crippen LogP contribution < -0.4 is 10.6 Å². The highest BCUT2D eigenvalue weighted by Crippen LogP contribution is 2.23. The molecule has 2 rings (SSSR count). The molecule has 0 radical (unpaired) electrons. The summed E-state index contributed by atoms with van der Waals surface area (Å²) in [6, 6.07) is 8.87. The minimum absolute atomic E-state index is 0.112. The first-order valence-corrected chi connectivity index (χ1v) is 6.77. The average Bonchev–Trinajstić information content (AvgIpc) is 2.93. The number of benzene rings is 1. The number of carbonyl (C=O) groups excluding carboxylic acids is 1. The number of rotatable bonds is 5. The summed E-state index contributed by atoms with van der Waals surface area (Å²) in [4.78, 5) is 12.0. The number of halogens is 1. The Kier molecular flexibility index (Phi) is 4.69. The van der Waals surface area contributed by atoms with Crippen LogP contribution in [-0.4, -0.2) is 11.9 Å². The fraction of sp³-hybridized carbons (Fsp3) is 0.267. The van der Waals surface area contributed by atoms with Crippen molar-refractivity contribution in [2.75, 3.05) is 5.32 Å². The first-order valence-electron chi connectivity index (χ1n) is 6.39. The van der Waals surface area contributed by atoms with E-state index < -0.39 is 0 Å². The lowest BCUT2D eigenvalue weighted by molar-refractivity contribution is -0.121. The van der Waals surface area contributed by atoms with Gasteiger partial charge in [0.25, 0.3) is 0 Å². The lowest BCUT2D eigenvalue weighted by Gasteiger charge is -2.16. The van der Waals surface area contributed by atoms with Gasteiger partial charge in [0.2, 0.25) is 5.91 Å². The van der Waals surface area contributed by atoms with Crippen molar-refractivity contribution in [3.8, 4) is 0 Å². The van der Waals surface area contributed by atoms with E-state index in [0.717, 1.165) is 17.0 Å². The summed E-state index contributed by atoms with van der Waals surface area (Å²) in [6.45, 7) is 4.14. The highest BCUT2D eigenvalue weighted by atomic mass is 35.5. The molecule has 1 atom stereocenters. The Morgan fingerprint density at radius 3 is 2.90 bits per heavy atom. The van der Waals surface area contributed by atoms with Crippen molar-refractivity contribution >= 4 is 23.2 Å². The molecule has 2 aromatic rings. The van der Waals surface area contributed by atoms with E-state index in [4.69, 9.17) is 16.0 Å². The standard InChI is InChI=1S/C15H17ClN2O2/c1-10-5-6-13(16)14(8-10)18-11(2)15(19)17-9-12-4-3-7-20-12/h3-8,11,18H,9H2,1-2H3,(H,17,19). The summed E-state index contributed by atoms with van der Waals surface area (Å²) in [5, 5.41) is 6.51. The van der Waals surface area contributed by atoms with Gasteiger partial charge in [-0.1, -0.05) is 17.7 Å². The van der Waals surface area contributed by atoms with Crippen molar-refractivity contribution in [3.05, 3.63) is 52.9 Å². The maximum atomic E-state index is 12.0. The lowest BCUT2D eigenvalue weighted by atomic mass is 10.2. The molecule has 0 bridgehead atoms. The van der Waals surface area contributed by atoms with Gasteiger partial charge in [0.15, 0.2) is 0 Å². The van der Waals surface area contributed by atoms with Gasteiger partial charge in [-0.3, -0.25) is 4.79 Å². The van der Waals surface area contributed by atoms with Crippen LogP contribution in [0.15, 0.2) is 41.0 Å². The number of amides is 1. The second-order valence-electron chi connectivity index (χ2n) is 4.65. The third kappa shape index (κ3) is 3.78. The summed E-state index contributed by atoms with van der Waals surface area (Å²) >= 11 is 6.09. The second kappa shape index (κ2) is 6.48. The maximum Gasteiger partial charge on any atom is 0.242 e. The average molecular weight is 293 g/mol. The quantitative estimate of drug-likeness (QED) is 0.888. The van der Waals surface area contributed by atoms with Crippen molar-refractivity contribution in [3.63, 3.8) is 0 Å². The number of anilines is 1. The predicted molar refractivity (Wildman–Crippen MR) is 79.8 cm³/mol. The fourth-order valence-corrected chi connectivity index (χ4v) is 1.96. The highest BCUT2D eigenvalue weighted by molar-refractivity contribution is 6.33. The molecule has 0 saturated carbocycles. The van der Waals surface area contributed by atoms with Gasteiger partial charge >= 0.3 is 0 Å². The zero-order valence-electron chi connectivity index (χ0n) is 11.4. The molecule has 106 valence electrons. The van der Waals surface area contributed by atoms with Crippen LogP contribution in [0.1, 0.15) is 18.2 Å². The van der Waals surface area contributed by atoms with Gasteiger partial charge in [-0.2, -0.15) is 0 Å².